The van der Waals surface area contributed by atoms with Gasteiger partial charge >= 0.3 is 0 Å². The molecule has 1 aromatic heterocycles. The van der Waals surface area contributed by atoms with E-state index in [9.17, 15) is 0 Å². The predicted octanol–water partition coefficient (Wildman–Crippen LogP) is 3.69. The van der Waals surface area contributed by atoms with Gasteiger partial charge in [0.25, 0.3) is 0 Å². The van der Waals surface area contributed by atoms with Crippen molar-refractivity contribution < 1.29 is 0 Å². The molecular formula is C23H32N6. The topological polar surface area (TPSA) is 58.3 Å². The van der Waals surface area contributed by atoms with E-state index in [2.05, 4.69) is 56.8 Å². The molecule has 4 rings (SSSR count). The standard InChI is InChI=1S/C23H32N6/c1-18-26-27-22(28(18)2)17-24-23(25-21-10-6-7-11-21)29-14-12-20(13-15-29)16-19-8-4-3-5-9-19/h3-5,8-9,16,21H,6-7,10-15,17H2,1-2H3,(H,24,25). The summed E-state index contributed by atoms with van der Waals surface area (Å²) in [5.41, 5.74) is 2.82. The lowest BCUT2D eigenvalue weighted by Crippen LogP contribution is -2.47. The largest absolute Gasteiger partial charge is 0.353 e. The van der Waals surface area contributed by atoms with Gasteiger partial charge in [0.05, 0.1) is 0 Å². The van der Waals surface area contributed by atoms with Crippen LogP contribution in [0.25, 0.3) is 6.08 Å². The second-order valence-electron chi connectivity index (χ2n) is 8.19. The molecule has 1 aliphatic heterocycles. The maximum Gasteiger partial charge on any atom is 0.194 e. The lowest BCUT2D eigenvalue weighted by molar-refractivity contribution is 0.367. The minimum Gasteiger partial charge on any atom is -0.353 e. The summed E-state index contributed by atoms with van der Waals surface area (Å²) in [4.78, 5) is 7.37. The number of guanidine groups is 1. The number of nitrogens with one attached hydrogen (secondary N) is 1. The van der Waals surface area contributed by atoms with Gasteiger partial charge in [-0.05, 0) is 38.2 Å². The van der Waals surface area contributed by atoms with Crippen molar-refractivity contribution in [3.8, 4) is 0 Å². The van der Waals surface area contributed by atoms with Gasteiger partial charge in [-0.15, -0.1) is 10.2 Å². The third-order valence-electron chi connectivity index (χ3n) is 6.12. The van der Waals surface area contributed by atoms with E-state index in [1.54, 1.807) is 0 Å². The van der Waals surface area contributed by atoms with Crippen molar-refractivity contribution in [3.05, 3.63) is 53.1 Å². The van der Waals surface area contributed by atoms with Gasteiger partial charge in [-0.25, -0.2) is 4.99 Å². The minimum absolute atomic E-state index is 0.552. The number of piperidine rings is 1. The number of hydrogen-bond acceptors (Lipinski definition) is 3. The first-order valence-electron chi connectivity index (χ1n) is 10.8. The van der Waals surface area contributed by atoms with Crippen molar-refractivity contribution in [2.75, 3.05) is 13.1 Å². The molecule has 2 fully saturated rings. The van der Waals surface area contributed by atoms with Gasteiger partial charge in [-0.3, -0.25) is 0 Å². The molecule has 0 atom stereocenters. The van der Waals surface area contributed by atoms with E-state index in [0.717, 1.165) is 43.5 Å². The molecule has 1 aromatic carbocycles. The predicted molar refractivity (Wildman–Crippen MR) is 117 cm³/mol. The number of benzene rings is 1. The summed E-state index contributed by atoms with van der Waals surface area (Å²) >= 11 is 0. The monoisotopic (exact) mass is 392 g/mol. The Balaban J connectivity index is 1.44. The van der Waals surface area contributed by atoms with Crippen LogP contribution in [0.1, 0.15) is 55.7 Å². The van der Waals surface area contributed by atoms with Gasteiger partial charge in [-0.1, -0.05) is 54.8 Å². The third kappa shape index (κ3) is 5.05. The summed E-state index contributed by atoms with van der Waals surface area (Å²) in [6, 6.07) is 11.2. The fourth-order valence-corrected chi connectivity index (χ4v) is 4.16. The molecule has 2 aliphatic rings. The molecule has 1 saturated heterocycles. The molecule has 0 radical (unpaired) electrons. The Labute approximate surface area is 173 Å². The number of likely N-dealkylation sites (tertiary alicyclic amines) is 1. The van der Waals surface area contributed by atoms with Crippen molar-refractivity contribution in [1.82, 2.24) is 25.0 Å². The summed E-state index contributed by atoms with van der Waals surface area (Å²) in [7, 11) is 2.01. The number of aliphatic imine (C=N–C) groups is 1. The van der Waals surface area contributed by atoms with Crippen LogP contribution >= 0.6 is 0 Å². The second-order valence-corrected chi connectivity index (χ2v) is 8.19. The first kappa shape index (κ1) is 19.7. The minimum atomic E-state index is 0.552. The molecule has 1 aliphatic carbocycles. The van der Waals surface area contributed by atoms with E-state index in [1.807, 2.05) is 18.5 Å². The van der Waals surface area contributed by atoms with Gasteiger partial charge < -0.3 is 14.8 Å². The van der Waals surface area contributed by atoms with Crippen LogP contribution in [0.5, 0.6) is 0 Å². The molecule has 1 saturated carbocycles. The molecular weight excluding hydrogens is 360 g/mol. The highest BCUT2D eigenvalue weighted by Gasteiger charge is 2.22. The van der Waals surface area contributed by atoms with E-state index in [4.69, 9.17) is 4.99 Å². The van der Waals surface area contributed by atoms with Crippen LogP contribution in [0.3, 0.4) is 0 Å². The maximum atomic E-state index is 4.95. The molecule has 2 heterocycles. The van der Waals surface area contributed by atoms with Gasteiger partial charge in [0, 0.05) is 26.2 Å². The normalized spacial score (nSPS) is 18.3. The SMILES string of the molecule is Cc1nnc(CN=C(NC2CCCC2)N2CCC(=Cc3ccccc3)CC2)n1C. The Hall–Kier alpha value is -2.63. The summed E-state index contributed by atoms with van der Waals surface area (Å²) in [6.45, 7) is 4.56. The number of nitrogens with zero attached hydrogens (tertiary/aromatic N) is 5. The van der Waals surface area contributed by atoms with Crippen LogP contribution in [0.15, 0.2) is 40.9 Å². The fraction of sp³-hybridized carbons (Fsp3) is 0.522. The Bertz CT molecular complexity index is 851. The van der Waals surface area contributed by atoms with Gasteiger partial charge in [0.1, 0.15) is 12.4 Å². The van der Waals surface area contributed by atoms with Crippen molar-refractivity contribution in [2.24, 2.45) is 12.0 Å². The second kappa shape index (κ2) is 9.25. The van der Waals surface area contributed by atoms with Crippen molar-refractivity contribution >= 4 is 12.0 Å². The van der Waals surface area contributed by atoms with Crippen LogP contribution in [-0.4, -0.2) is 44.8 Å². The fourth-order valence-electron chi connectivity index (χ4n) is 4.16. The first-order valence-corrected chi connectivity index (χ1v) is 10.8. The summed E-state index contributed by atoms with van der Waals surface area (Å²) in [6.07, 6.45) is 9.65. The van der Waals surface area contributed by atoms with Gasteiger partial charge in [0.2, 0.25) is 0 Å². The number of hydrogen-bond donors (Lipinski definition) is 1. The number of aryl methyl sites for hydroxylation is 1. The molecule has 0 unspecified atom stereocenters. The third-order valence-corrected chi connectivity index (χ3v) is 6.12. The average molecular weight is 393 g/mol. The Morgan fingerprint density at radius 1 is 1.14 bits per heavy atom. The zero-order chi connectivity index (χ0) is 20.1. The van der Waals surface area contributed by atoms with Crippen LogP contribution in [0, 0.1) is 6.92 Å². The van der Waals surface area contributed by atoms with Crippen LogP contribution in [0.2, 0.25) is 0 Å². The maximum absolute atomic E-state index is 4.95. The number of rotatable bonds is 4. The molecule has 29 heavy (non-hydrogen) atoms. The zero-order valence-electron chi connectivity index (χ0n) is 17.6. The van der Waals surface area contributed by atoms with E-state index < -0.39 is 0 Å². The highest BCUT2D eigenvalue weighted by molar-refractivity contribution is 5.80. The van der Waals surface area contributed by atoms with Crippen LogP contribution in [0.4, 0.5) is 0 Å². The highest BCUT2D eigenvalue weighted by atomic mass is 15.3. The molecule has 0 spiro atoms. The molecule has 6 nitrogen and oxygen atoms in total. The number of aromatic nitrogens is 3. The Morgan fingerprint density at radius 3 is 2.52 bits per heavy atom. The van der Waals surface area contributed by atoms with Gasteiger partial charge in [0.15, 0.2) is 11.8 Å². The molecule has 6 heteroatoms. The summed E-state index contributed by atoms with van der Waals surface area (Å²) < 4.78 is 2.02. The average Bonchev–Trinajstić information content (AvgIpc) is 3.37. The van der Waals surface area contributed by atoms with E-state index in [0.29, 0.717) is 12.6 Å². The van der Waals surface area contributed by atoms with Crippen molar-refractivity contribution in [2.45, 2.75) is 58.0 Å². The van der Waals surface area contributed by atoms with Gasteiger partial charge in [-0.2, -0.15) is 0 Å². The zero-order valence-corrected chi connectivity index (χ0v) is 17.6. The first-order chi connectivity index (χ1) is 14.2. The quantitative estimate of drug-likeness (QED) is 0.637. The molecule has 154 valence electrons. The molecule has 1 N–H and O–H groups in total. The van der Waals surface area contributed by atoms with Crippen molar-refractivity contribution in [1.29, 1.82) is 0 Å². The smallest absolute Gasteiger partial charge is 0.194 e. The van der Waals surface area contributed by atoms with E-state index in [1.165, 1.54) is 36.8 Å². The van der Waals surface area contributed by atoms with Crippen molar-refractivity contribution in [3.63, 3.8) is 0 Å². The molecule has 2 aromatic rings. The highest BCUT2D eigenvalue weighted by Crippen LogP contribution is 2.22. The Morgan fingerprint density at radius 2 is 1.86 bits per heavy atom. The summed E-state index contributed by atoms with van der Waals surface area (Å²) in [5.74, 6) is 2.88. The lowest BCUT2D eigenvalue weighted by Gasteiger charge is -2.33. The molecule has 0 amide bonds. The van der Waals surface area contributed by atoms with E-state index >= 15 is 0 Å². The molecule has 0 bridgehead atoms. The van der Waals surface area contributed by atoms with E-state index in [-0.39, 0.29) is 0 Å². The van der Waals surface area contributed by atoms with Crippen LogP contribution < -0.4 is 5.32 Å². The summed E-state index contributed by atoms with van der Waals surface area (Å²) in [5, 5.41) is 12.2. The lowest BCUT2D eigenvalue weighted by atomic mass is 10.0. The Kier molecular flexibility index (Phi) is 6.27. The van der Waals surface area contributed by atoms with Crippen LogP contribution in [-0.2, 0) is 13.6 Å².